The van der Waals surface area contributed by atoms with Crippen molar-refractivity contribution in [1.29, 1.82) is 0 Å². The molecule has 0 aliphatic rings. The lowest BCUT2D eigenvalue weighted by Crippen LogP contribution is -2.03. The van der Waals surface area contributed by atoms with Gasteiger partial charge in [0.25, 0.3) is 0 Å². The van der Waals surface area contributed by atoms with Crippen molar-refractivity contribution in [2.75, 3.05) is 11.9 Å². The molecule has 0 unspecified atom stereocenters. The summed E-state index contributed by atoms with van der Waals surface area (Å²) in [7, 11) is 0. The highest BCUT2D eigenvalue weighted by Crippen LogP contribution is 2.29. The summed E-state index contributed by atoms with van der Waals surface area (Å²) in [6.07, 6.45) is 0.997. The Morgan fingerprint density at radius 1 is 1.29 bits per heavy atom. The molecule has 0 spiro atoms. The molecule has 90 valence electrons. The molecular weight excluding hydrogens is 276 g/mol. The van der Waals surface area contributed by atoms with Gasteiger partial charge < -0.3 is 5.32 Å². The van der Waals surface area contributed by atoms with E-state index in [0.29, 0.717) is 0 Å². The second-order valence-corrected chi connectivity index (χ2v) is 4.94. The van der Waals surface area contributed by atoms with Crippen LogP contribution < -0.4 is 5.32 Å². The zero-order valence-electron chi connectivity index (χ0n) is 10.5. The summed E-state index contributed by atoms with van der Waals surface area (Å²) in [5, 5.41) is 4.53. The van der Waals surface area contributed by atoms with Gasteiger partial charge in [-0.2, -0.15) is 0 Å². The molecule has 2 aromatic rings. The quantitative estimate of drug-likeness (QED) is 0.912. The number of aromatic nitrogens is 1. The van der Waals surface area contributed by atoms with E-state index in [4.69, 9.17) is 4.98 Å². The molecule has 1 heterocycles. The minimum absolute atomic E-state index is 0.898. The number of nitrogens with zero attached hydrogens (tertiary/aromatic N) is 1. The molecule has 0 aliphatic carbocycles. The molecule has 0 fully saturated rings. The summed E-state index contributed by atoms with van der Waals surface area (Å²) >= 11 is 3.62. The van der Waals surface area contributed by atoms with Crippen LogP contribution in [0.25, 0.3) is 10.9 Å². The van der Waals surface area contributed by atoms with Crippen LogP contribution in [0.5, 0.6) is 0 Å². The SMILES string of the molecule is CCNc1nc2c(Br)c(C)ccc2cc1CC. The number of fused-ring (bicyclic) bond motifs is 1. The van der Waals surface area contributed by atoms with Crippen molar-refractivity contribution in [1.82, 2.24) is 4.98 Å². The largest absolute Gasteiger partial charge is 0.370 e. The molecule has 17 heavy (non-hydrogen) atoms. The molecule has 2 rings (SSSR count). The third-order valence-electron chi connectivity index (χ3n) is 2.92. The molecule has 0 bridgehead atoms. The number of aryl methyl sites for hydroxylation is 2. The maximum absolute atomic E-state index is 4.74. The first-order chi connectivity index (χ1) is 8.17. The number of halogens is 1. The van der Waals surface area contributed by atoms with Gasteiger partial charge in [-0.1, -0.05) is 19.1 Å². The Labute approximate surface area is 111 Å². The van der Waals surface area contributed by atoms with Crippen LogP contribution in [0.3, 0.4) is 0 Å². The first-order valence-electron chi connectivity index (χ1n) is 6.00. The Morgan fingerprint density at radius 2 is 2.06 bits per heavy atom. The second kappa shape index (κ2) is 5.05. The third-order valence-corrected chi connectivity index (χ3v) is 3.92. The lowest BCUT2D eigenvalue weighted by Gasteiger charge is -2.11. The van der Waals surface area contributed by atoms with Crippen LogP contribution in [0.15, 0.2) is 22.7 Å². The molecule has 0 amide bonds. The average Bonchev–Trinajstić information content (AvgIpc) is 2.34. The molecule has 0 aliphatic heterocycles. The number of pyridine rings is 1. The molecule has 3 heteroatoms. The zero-order valence-corrected chi connectivity index (χ0v) is 12.1. The topological polar surface area (TPSA) is 24.9 Å². The van der Waals surface area contributed by atoms with Crippen molar-refractivity contribution in [3.05, 3.63) is 33.8 Å². The maximum atomic E-state index is 4.74. The van der Waals surface area contributed by atoms with Crippen LogP contribution in [0, 0.1) is 6.92 Å². The average molecular weight is 293 g/mol. The van der Waals surface area contributed by atoms with Gasteiger partial charge in [0, 0.05) is 16.4 Å². The van der Waals surface area contributed by atoms with E-state index in [1.807, 2.05) is 0 Å². The first-order valence-corrected chi connectivity index (χ1v) is 6.79. The van der Waals surface area contributed by atoms with Crippen LogP contribution in [0.2, 0.25) is 0 Å². The van der Waals surface area contributed by atoms with E-state index >= 15 is 0 Å². The van der Waals surface area contributed by atoms with E-state index in [9.17, 15) is 0 Å². The molecule has 1 N–H and O–H groups in total. The summed E-state index contributed by atoms with van der Waals surface area (Å²) in [6.45, 7) is 7.24. The van der Waals surface area contributed by atoms with E-state index in [1.54, 1.807) is 0 Å². The van der Waals surface area contributed by atoms with Crippen LogP contribution in [0.1, 0.15) is 25.0 Å². The summed E-state index contributed by atoms with van der Waals surface area (Å²) in [4.78, 5) is 4.74. The van der Waals surface area contributed by atoms with Crippen molar-refractivity contribution < 1.29 is 0 Å². The van der Waals surface area contributed by atoms with E-state index in [2.05, 4.69) is 60.2 Å². The van der Waals surface area contributed by atoms with Gasteiger partial charge in [0.1, 0.15) is 5.82 Å². The number of hydrogen-bond donors (Lipinski definition) is 1. The van der Waals surface area contributed by atoms with Crippen molar-refractivity contribution in [3.63, 3.8) is 0 Å². The lowest BCUT2D eigenvalue weighted by molar-refractivity contribution is 1.08. The number of rotatable bonds is 3. The van der Waals surface area contributed by atoms with Crippen LogP contribution in [0.4, 0.5) is 5.82 Å². The lowest BCUT2D eigenvalue weighted by atomic mass is 10.1. The number of benzene rings is 1. The van der Waals surface area contributed by atoms with Crippen LogP contribution in [-0.4, -0.2) is 11.5 Å². The molecule has 0 saturated heterocycles. The fourth-order valence-corrected chi connectivity index (χ4v) is 2.39. The first kappa shape index (κ1) is 12.4. The normalized spacial score (nSPS) is 10.8. The third kappa shape index (κ3) is 2.29. The summed E-state index contributed by atoms with van der Waals surface area (Å²) in [6, 6.07) is 6.49. The Bertz CT molecular complexity index is 549. The molecule has 1 aromatic heterocycles. The monoisotopic (exact) mass is 292 g/mol. The maximum Gasteiger partial charge on any atom is 0.129 e. The van der Waals surface area contributed by atoms with Crippen molar-refractivity contribution in [2.24, 2.45) is 0 Å². The predicted octanol–water partition coefficient (Wildman–Crippen LogP) is 4.30. The zero-order chi connectivity index (χ0) is 12.4. The summed E-state index contributed by atoms with van der Waals surface area (Å²) in [5.41, 5.74) is 3.53. The van der Waals surface area contributed by atoms with Gasteiger partial charge in [0.2, 0.25) is 0 Å². The molecule has 0 radical (unpaired) electrons. The van der Waals surface area contributed by atoms with Crippen LogP contribution in [-0.2, 0) is 6.42 Å². The summed E-state index contributed by atoms with van der Waals surface area (Å²) in [5.74, 6) is 1.01. The predicted molar refractivity (Wildman–Crippen MR) is 77.7 cm³/mol. The van der Waals surface area contributed by atoms with E-state index in [-0.39, 0.29) is 0 Å². The standard InChI is InChI=1S/C14H17BrN2/c1-4-10-8-11-7-6-9(3)12(15)13(11)17-14(10)16-5-2/h6-8H,4-5H2,1-3H3,(H,16,17). The van der Waals surface area contributed by atoms with Crippen molar-refractivity contribution in [3.8, 4) is 0 Å². The smallest absolute Gasteiger partial charge is 0.129 e. The Kier molecular flexibility index (Phi) is 3.67. The minimum Gasteiger partial charge on any atom is -0.370 e. The molecule has 0 atom stereocenters. The molecular formula is C14H17BrN2. The Balaban J connectivity index is 2.70. The van der Waals surface area contributed by atoms with E-state index in [0.717, 1.165) is 28.8 Å². The van der Waals surface area contributed by atoms with Gasteiger partial charge in [-0.25, -0.2) is 4.98 Å². The Hall–Kier alpha value is -1.09. The molecule has 2 nitrogen and oxygen atoms in total. The van der Waals surface area contributed by atoms with Crippen molar-refractivity contribution >= 4 is 32.7 Å². The van der Waals surface area contributed by atoms with Gasteiger partial charge in [-0.05, 0) is 53.4 Å². The summed E-state index contributed by atoms with van der Waals surface area (Å²) < 4.78 is 1.09. The van der Waals surface area contributed by atoms with Crippen LogP contribution >= 0.6 is 15.9 Å². The van der Waals surface area contributed by atoms with Gasteiger partial charge in [0.05, 0.1) is 5.52 Å². The fourth-order valence-electron chi connectivity index (χ4n) is 1.94. The van der Waals surface area contributed by atoms with Crippen molar-refractivity contribution in [2.45, 2.75) is 27.2 Å². The van der Waals surface area contributed by atoms with Gasteiger partial charge >= 0.3 is 0 Å². The van der Waals surface area contributed by atoms with Gasteiger partial charge in [-0.15, -0.1) is 0 Å². The van der Waals surface area contributed by atoms with E-state index in [1.165, 1.54) is 16.5 Å². The number of anilines is 1. The highest BCUT2D eigenvalue weighted by molar-refractivity contribution is 9.10. The van der Waals surface area contributed by atoms with Gasteiger partial charge in [-0.3, -0.25) is 0 Å². The fraction of sp³-hybridized carbons (Fsp3) is 0.357. The number of hydrogen-bond acceptors (Lipinski definition) is 2. The highest BCUT2D eigenvalue weighted by Gasteiger charge is 2.08. The number of nitrogens with one attached hydrogen (secondary N) is 1. The molecule has 1 aromatic carbocycles. The Morgan fingerprint density at radius 3 is 2.71 bits per heavy atom. The van der Waals surface area contributed by atoms with Gasteiger partial charge in [0.15, 0.2) is 0 Å². The second-order valence-electron chi connectivity index (χ2n) is 4.15. The minimum atomic E-state index is 0.898. The highest BCUT2D eigenvalue weighted by atomic mass is 79.9. The van der Waals surface area contributed by atoms with E-state index < -0.39 is 0 Å². The molecule has 0 saturated carbocycles.